The van der Waals surface area contributed by atoms with Crippen molar-refractivity contribution in [3.8, 4) is 5.88 Å². The second-order valence-corrected chi connectivity index (χ2v) is 5.33. The lowest BCUT2D eigenvalue weighted by molar-refractivity contribution is 0.400. The molecule has 0 aliphatic carbocycles. The summed E-state index contributed by atoms with van der Waals surface area (Å²) < 4.78 is 14.2. The summed E-state index contributed by atoms with van der Waals surface area (Å²) in [5.74, 6) is 1.41. The Kier molecular flexibility index (Phi) is 3.72. The summed E-state index contributed by atoms with van der Waals surface area (Å²) in [5.41, 5.74) is 0. The maximum atomic E-state index is 5.08. The van der Waals surface area contributed by atoms with Gasteiger partial charge in [-0.05, 0) is 34.4 Å². The smallest absolute Gasteiger partial charge is 0.239 e. The van der Waals surface area contributed by atoms with Crippen molar-refractivity contribution in [2.24, 2.45) is 0 Å². The van der Waals surface area contributed by atoms with Crippen LogP contribution in [-0.2, 0) is 6.54 Å². The topological polar surface area (TPSA) is 59.9 Å². The maximum absolute atomic E-state index is 5.08. The summed E-state index contributed by atoms with van der Waals surface area (Å²) in [6.07, 6.45) is 0. The van der Waals surface area contributed by atoms with E-state index in [1.807, 2.05) is 6.92 Å². The van der Waals surface area contributed by atoms with Crippen LogP contribution in [0.5, 0.6) is 5.88 Å². The zero-order valence-corrected chi connectivity index (χ0v) is 11.9. The highest BCUT2D eigenvalue weighted by Crippen LogP contribution is 2.31. The van der Waals surface area contributed by atoms with Crippen LogP contribution < -0.4 is 10.1 Å². The molecule has 0 fully saturated rings. The summed E-state index contributed by atoms with van der Waals surface area (Å²) in [4.78, 5) is 5.29. The summed E-state index contributed by atoms with van der Waals surface area (Å²) in [7, 11) is 1.60. The third-order valence-corrected chi connectivity index (χ3v) is 4.46. The first-order chi connectivity index (χ1) is 7.70. The standard InChI is InChI=1S/C8H9BrN4OS2/c1-4-11-8(16-12-4)10-3-5-6(9)7(14-2)13-15-5/h3H2,1-2H3,(H,10,11,12). The molecule has 0 bridgehead atoms. The molecule has 0 aliphatic heterocycles. The normalized spacial score (nSPS) is 10.4. The second kappa shape index (κ2) is 5.07. The Hall–Kier alpha value is -0.730. The van der Waals surface area contributed by atoms with Gasteiger partial charge in [0.05, 0.1) is 23.0 Å². The van der Waals surface area contributed by atoms with Gasteiger partial charge in [-0.25, -0.2) is 4.98 Å². The number of hydrogen-bond donors (Lipinski definition) is 1. The molecule has 0 unspecified atom stereocenters. The number of methoxy groups -OCH3 is 1. The molecule has 0 amide bonds. The molecule has 0 atom stereocenters. The number of aryl methyl sites for hydroxylation is 1. The number of ether oxygens (including phenoxy) is 1. The molecule has 2 heterocycles. The van der Waals surface area contributed by atoms with Crippen LogP contribution in [0.2, 0.25) is 0 Å². The summed E-state index contributed by atoms with van der Waals surface area (Å²) in [6, 6.07) is 0. The summed E-state index contributed by atoms with van der Waals surface area (Å²) in [5, 5.41) is 4.01. The van der Waals surface area contributed by atoms with E-state index in [2.05, 4.69) is 35.0 Å². The Morgan fingerprint density at radius 1 is 1.38 bits per heavy atom. The van der Waals surface area contributed by atoms with Crippen LogP contribution in [0.1, 0.15) is 10.7 Å². The quantitative estimate of drug-likeness (QED) is 0.938. The van der Waals surface area contributed by atoms with Gasteiger partial charge in [-0.15, -0.1) is 0 Å². The molecule has 0 saturated carbocycles. The lowest BCUT2D eigenvalue weighted by Gasteiger charge is -1.99. The summed E-state index contributed by atoms with van der Waals surface area (Å²) >= 11 is 6.19. The van der Waals surface area contributed by atoms with Crippen LogP contribution in [0.15, 0.2) is 4.47 Å². The van der Waals surface area contributed by atoms with Gasteiger partial charge < -0.3 is 10.1 Å². The van der Waals surface area contributed by atoms with Crippen LogP contribution in [0, 0.1) is 6.92 Å². The van der Waals surface area contributed by atoms with Crippen LogP contribution in [0.4, 0.5) is 5.13 Å². The van der Waals surface area contributed by atoms with E-state index < -0.39 is 0 Å². The lowest BCUT2D eigenvalue weighted by atomic mass is 10.5. The van der Waals surface area contributed by atoms with Crippen molar-refractivity contribution in [3.05, 3.63) is 15.2 Å². The van der Waals surface area contributed by atoms with Crippen LogP contribution >= 0.6 is 39.0 Å². The molecule has 0 saturated heterocycles. The van der Waals surface area contributed by atoms with Gasteiger partial charge in [0.25, 0.3) is 0 Å². The van der Waals surface area contributed by atoms with Gasteiger partial charge in [0.15, 0.2) is 0 Å². The SMILES string of the molecule is COc1nsc(CNc2nc(C)ns2)c1Br. The highest BCUT2D eigenvalue weighted by Gasteiger charge is 2.11. The average molecular weight is 321 g/mol. The number of nitrogens with zero attached hydrogens (tertiary/aromatic N) is 3. The number of aromatic nitrogens is 3. The van der Waals surface area contributed by atoms with E-state index in [1.165, 1.54) is 23.1 Å². The van der Waals surface area contributed by atoms with Crippen LogP contribution in [-0.4, -0.2) is 20.8 Å². The third-order valence-electron chi connectivity index (χ3n) is 1.79. The Bertz CT molecular complexity index is 484. The third kappa shape index (κ3) is 2.50. The Balaban J connectivity index is 2.02. The molecule has 16 heavy (non-hydrogen) atoms. The molecule has 2 rings (SSSR count). The minimum atomic E-state index is 0.621. The second-order valence-electron chi connectivity index (χ2n) is 2.93. The van der Waals surface area contributed by atoms with Gasteiger partial charge in [-0.1, -0.05) is 0 Å². The van der Waals surface area contributed by atoms with E-state index in [9.17, 15) is 0 Å². The van der Waals surface area contributed by atoms with E-state index in [0.717, 1.165) is 20.3 Å². The van der Waals surface area contributed by atoms with Crippen molar-refractivity contribution in [2.75, 3.05) is 12.4 Å². The highest BCUT2D eigenvalue weighted by atomic mass is 79.9. The van der Waals surface area contributed by atoms with Crippen molar-refractivity contribution < 1.29 is 4.74 Å². The Morgan fingerprint density at radius 3 is 2.75 bits per heavy atom. The number of halogens is 1. The molecular formula is C8H9BrN4OS2. The molecule has 86 valence electrons. The van der Waals surface area contributed by atoms with E-state index in [4.69, 9.17) is 4.74 Å². The number of rotatable bonds is 4. The van der Waals surface area contributed by atoms with Crippen molar-refractivity contribution >= 4 is 44.1 Å². The zero-order chi connectivity index (χ0) is 11.5. The van der Waals surface area contributed by atoms with Gasteiger partial charge in [-0.2, -0.15) is 8.75 Å². The van der Waals surface area contributed by atoms with Gasteiger partial charge in [0, 0.05) is 11.5 Å². The first-order valence-corrected chi connectivity index (χ1v) is 6.77. The fraction of sp³-hybridized carbons (Fsp3) is 0.375. The molecule has 2 aromatic rings. The first-order valence-electron chi connectivity index (χ1n) is 4.43. The largest absolute Gasteiger partial charge is 0.480 e. The minimum absolute atomic E-state index is 0.621. The van der Waals surface area contributed by atoms with Crippen molar-refractivity contribution in [1.29, 1.82) is 0 Å². The van der Waals surface area contributed by atoms with Crippen LogP contribution in [0.25, 0.3) is 0 Å². The molecule has 5 nitrogen and oxygen atoms in total. The monoisotopic (exact) mass is 320 g/mol. The van der Waals surface area contributed by atoms with Crippen molar-refractivity contribution in [2.45, 2.75) is 13.5 Å². The first kappa shape index (κ1) is 11.7. The predicted molar refractivity (Wildman–Crippen MR) is 68.3 cm³/mol. The van der Waals surface area contributed by atoms with E-state index in [1.54, 1.807) is 7.11 Å². The van der Waals surface area contributed by atoms with Crippen LogP contribution in [0.3, 0.4) is 0 Å². The average Bonchev–Trinajstić information content (AvgIpc) is 2.83. The molecule has 2 aromatic heterocycles. The van der Waals surface area contributed by atoms with Gasteiger partial charge in [0.2, 0.25) is 11.0 Å². The number of anilines is 1. The number of nitrogens with one attached hydrogen (secondary N) is 1. The lowest BCUT2D eigenvalue weighted by Crippen LogP contribution is -1.97. The molecule has 0 aromatic carbocycles. The Labute approximate surface area is 109 Å². The minimum Gasteiger partial charge on any atom is -0.480 e. The Morgan fingerprint density at radius 2 is 2.19 bits per heavy atom. The van der Waals surface area contributed by atoms with Crippen molar-refractivity contribution in [1.82, 2.24) is 13.7 Å². The molecule has 0 spiro atoms. The fourth-order valence-electron chi connectivity index (χ4n) is 1.06. The van der Waals surface area contributed by atoms with Gasteiger partial charge >= 0.3 is 0 Å². The molecule has 1 N–H and O–H groups in total. The van der Waals surface area contributed by atoms with E-state index >= 15 is 0 Å². The van der Waals surface area contributed by atoms with Gasteiger partial charge in [0.1, 0.15) is 5.82 Å². The summed E-state index contributed by atoms with van der Waals surface area (Å²) in [6.45, 7) is 2.53. The van der Waals surface area contributed by atoms with Gasteiger partial charge in [-0.3, -0.25) is 0 Å². The highest BCUT2D eigenvalue weighted by molar-refractivity contribution is 9.10. The van der Waals surface area contributed by atoms with E-state index in [0.29, 0.717) is 12.4 Å². The zero-order valence-electron chi connectivity index (χ0n) is 8.65. The molecule has 0 aliphatic rings. The molecule has 0 radical (unpaired) electrons. The fourth-order valence-corrected chi connectivity index (χ4v) is 3.01. The van der Waals surface area contributed by atoms with E-state index in [-0.39, 0.29) is 0 Å². The van der Waals surface area contributed by atoms with Crippen molar-refractivity contribution in [3.63, 3.8) is 0 Å². The maximum Gasteiger partial charge on any atom is 0.239 e. The molecule has 8 heteroatoms. The molecular weight excluding hydrogens is 312 g/mol. The number of hydrogen-bond acceptors (Lipinski definition) is 7. The predicted octanol–water partition coefficient (Wildman–Crippen LogP) is 2.69.